The highest BCUT2D eigenvalue weighted by Crippen LogP contribution is 2.37. The van der Waals surface area contributed by atoms with Gasteiger partial charge in [-0.15, -0.1) is 0 Å². The lowest BCUT2D eigenvalue weighted by atomic mass is 9.77. The number of hydrogen-bond acceptors (Lipinski definition) is 1. The zero-order valence-electron chi connectivity index (χ0n) is 13.9. The smallest absolute Gasteiger partial charge is 0.0627 e. The van der Waals surface area contributed by atoms with E-state index in [1.807, 2.05) is 0 Å². The first-order valence-corrected chi connectivity index (χ1v) is 9.77. The molecule has 21 heavy (non-hydrogen) atoms. The Hall–Kier alpha value is -0.310. The summed E-state index contributed by atoms with van der Waals surface area (Å²) in [5.74, 6) is 1.70. The van der Waals surface area contributed by atoms with Gasteiger partial charge in [0.2, 0.25) is 0 Å². The molecule has 3 atom stereocenters. The van der Waals surface area contributed by atoms with Crippen LogP contribution in [0.4, 0.5) is 0 Å². The van der Waals surface area contributed by atoms with Crippen LogP contribution >= 0.6 is 15.9 Å². The van der Waals surface area contributed by atoms with E-state index in [0.717, 1.165) is 18.3 Å². The molecular weight excluding hydrogens is 324 g/mol. The lowest BCUT2D eigenvalue weighted by molar-refractivity contribution is 0.261. The fraction of sp³-hybridized carbons (Fsp3) is 0.833. The Kier molecular flexibility index (Phi) is 6.78. The standard InChI is InChI=1S/C18H31BrN2/c1-4-7-14-8-9-18(19)15(12-14)13-16-10-11-21(20-16)17(5-2)6-3/h10-11,14-15,17-18H,4-9,12-13H2,1-3H3. The molecule has 0 radical (unpaired) electrons. The van der Waals surface area contributed by atoms with E-state index in [0.29, 0.717) is 10.9 Å². The van der Waals surface area contributed by atoms with Crippen molar-refractivity contribution in [2.75, 3.05) is 0 Å². The van der Waals surface area contributed by atoms with E-state index in [2.05, 4.69) is 53.6 Å². The third kappa shape index (κ3) is 4.58. The minimum Gasteiger partial charge on any atom is -0.269 e. The van der Waals surface area contributed by atoms with E-state index < -0.39 is 0 Å². The van der Waals surface area contributed by atoms with E-state index in [4.69, 9.17) is 5.10 Å². The van der Waals surface area contributed by atoms with Gasteiger partial charge in [0.15, 0.2) is 0 Å². The third-order valence-electron chi connectivity index (χ3n) is 5.15. The van der Waals surface area contributed by atoms with Gasteiger partial charge < -0.3 is 0 Å². The Morgan fingerprint density at radius 2 is 2.05 bits per heavy atom. The number of halogens is 1. The van der Waals surface area contributed by atoms with Crippen LogP contribution in [0, 0.1) is 11.8 Å². The number of nitrogens with zero attached hydrogens (tertiary/aromatic N) is 2. The van der Waals surface area contributed by atoms with Gasteiger partial charge in [-0.05, 0) is 56.4 Å². The summed E-state index contributed by atoms with van der Waals surface area (Å²) >= 11 is 3.92. The number of hydrogen-bond donors (Lipinski definition) is 0. The molecule has 3 heteroatoms. The average Bonchev–Trinajstić information content (AvgIpc) is 2.93. The second-order valence-electron chi connectivity index (χ2n) is 6.71. The summed E-state index contributed by atoms with van der Waals surface area (Å²) in [4.78, 5) is 0.684. The lowest BCUT2D eigenvalue weighted by Gasteiger charge is -2.33. The molecule has 0 spiro atoms. The molecule has 0 aliphatic heterocycles. The maximum Gasteiger partial charge on any atom is 0.0627 e. The van der Waals surface area contributed by atoms with E-state index in [1.54, 1.807) is 0 Å². The summed E-state index contributed by atoms with van der Waals surface area (Å²) in [6.45, 7) is 6.81. The van der Waals surface area contributed by atoms with Crippen molar-refractivity contribution in [3.05, 3.63) is 18.0 Å². The van der Waals surface area contributed by atoms with E-state index >= 15 is 0 Å². The molecule has 2 nitrogen and oxygen atoms in total. The number of aromatic nitrogens is 2. The fourth-order valence-corrected chi connectivity index (χ4v) is 4.49. The van der Waals surface area contributed by atoms with Crippen molar-refractivity contribution in [3.63, 3.8) is 0 Å². The molecule has 0 N–H and O–H groups in total. The zero-order valence-corrected chi connectivity index (χ0v) is 15.5. The highest BCUT2D eigenvalue weighted by molar-refractivity contribution is 9.09. The SMILES string of the molecule is CCCC1CCC(Br)C(Cc2ccn(C(CC)CC)n2)C1. The third-order valence-corrected chi connectivity index (χ3v) is 6.35. The van der Waals surface area contributed by atoms with Crippen molar-refractivity contribution in [3.8, 4) is 0 Å². The Balaban J connectivity index is 1.96. The first-order chi connectivity index (χ1) is 10.2. The van der Waals surface area contributed by atoms with Crippen LogP contribution in [-0.4, -0.2) is 14.6 Å². The molecule has 1 aromatic heterocycles. The summed E-state index contributed by atoms with van der Waals surface area (Å²) in [5, 5.41) is 4.85. The zero-order chi connectivity index (χ0) is 15.2. The van der Waals surface area contributed by atoms with Gasteiger partial charge in [0.25, 0.3) is 0 Å². The van der Waals surface area contributed by atoms with E-state index in [1.165, 1.54) is 50.6 Å². The molecule has 0 bridgehead atoms. The van der Waals surface area contributed by atoms with Crippen LogP contribution in [0.3, 0.4) is 0 Å². The maximum absolute atomic E-state index is 4.85. The summed E-state index contributed by atoms with van der Waals surface area (Å²) in [5.41, 5.74) is 1.29. The molecule has 1 aliphatic rings. The second kappa shape index (κ2) is 8.36. The Labute approximate surface area is 138 Å². The molecule has 0 amide bonds. The topological polar surface area (TPSA) is 17.8 Å². The lowest BCUT2D eigenvalue weighted by Crippen LogP contribution is -2.27. The molecular formula is C18H31BrN2. The van der Waals surface area contributed by atoms with Gasteiger partial charge in [-0.25, -0.2) is 0 Å². The van der Waals surface area contributed by atoms with Gasteiger partial charge in [0, 0.05) is 11.0 Å². The highest BCUT2D eigenvalue weighted by Gasteiger charge is 2.29. The molecule has 1 fully saturated rings. The molecule has 0 saturated heterocycles. The van der Waals surface area contributed by atoms with Crippen LogP contribution < -0.4 is 0 Å². The molecule has 2 rings (SSSR count). The van der Waals surface area contributed by atoms with Gasteiger partial charge in [0.1, 0.15) is 0 Å². The van der Waals surface area contributed by atoms with Crippen molar-refractivity contribution in [2.45, 2.75) is 83.0 Å². The summed E-state index contributed by atoms with van der Waals surface area (Å²) in [6, 6.07) is 2.80. The van der Waals surface area contributed by atoms with Gasteiger partial charge in [-0.1, -0.05) is 49.5 Å². The molecule has 120 valence electrons. The Morgan fingerprint density at radius 1 is 1.29 bits per heavy atom. The molecule has 1 aliphatic carbocycles. The second-order valence-corrected chi connectivity index (χ2v) is 7.88. The summed E-state index contributed by atoms with van der Waals surface area (Å²) in [7, 11) is 0. The van der Waals surface area contributed by atoms with Gasteiger partial charge in [-0.2, -0.15) is 5.10 Å². The molecule has 1 saturated carbocycles. The van der Waals surface area contributed by atoms with Crippen LogP contribution in [-0.2, 0) is 6.42 Å². The van der Waals surface area contributed by atoms with Crippen LogP contribution in [0.5, 0.6) is 0 Å². The highest BCUT2D eigenvalue weighted by atomic mass is 79.9. The minimum atomic E-state index is 0.567. The van der Waals surface area contributed by atoms with Crippen LogP contribution in [0.2, 0.25) is 0 Å². The first-order valence-electron chi connectivity index (χ1n) is 8.85. The fourth-order valence-electron chi connectivity index (χ4n) is 3.83. The van der Waals surface area contributed by atoms with E-state index in [9.17, 15) is 0 Å². The van der Waals surface area contributed by atoms with Crippen molar-refractivity contribution in [2.24, 2.45) is 11.8 Å². The molecule has 1 aromatic rings. The summed E-state index contributed by atoms with van der Waals surface area (Å²) in [6.07, 6.45) is 12.5. The van der Waals surface area contributed by atoms with Crippen molar-refractivity contribution in [1.82, 2.24) is 9.78 Å². The normalized spacial score (nSPS) is 26.4. The Morgan fingerprint density at radius 3 is 2.71 bits per heavy atom. The first kappa shape index (κ1) is 17.1. The van der Waals surface area contributed by atoms with E-state index in [-0.39, 0.29) is 0 Å². The minimum absolute atomic E-state index is 0.567. The van der Waals surface area contributed by atoms with Crippen LogP contribution in [0.25, 0.3) is 0 Å². The number of rotatable bonds is 7. The quantitative estimate of drug-likeness (QED) is 0.568. The van der Waals surface area contributed by atoms with Crippen molar-refractivity contribution >= 4 is 15.9 Å². The molecule has 1 heterocycles. The van der Waals surface area contributed by atoms with Gasteiger partial charge in [-0.3, -0.25) is 4.68 Å². The van der Waals surface area contributed by atoms with Gasteiger partial charge >= 0.3 is 0 Å². The monoisotopic (exact) mass is 354 g/mol. The van der Waals surface area contributed by atoms with Crippen LogP contribution in [0.15, 0.2) is 12.3 Å². The van der Waals surface area contributed by atoms with Gasteiger partial charge in [0.05, 0.1) is 11.7 Å². The predicted octanol–water partition coefficient (Wildman–Crippen LogP) is 5.77. The molecule has 0 aromatic carbocycles. The number of alkyl halides is 1. The predicted molar refractivity (Wildman–Crippen MR) is 94.0 cm³/mol. The molecule has 3 unspecified atom stereocenters. The van der Waals surface area contributed by atoms with Crippen molar-refractivity contribution < 1.29 is 0 Å². The maximum atomic E-state index is 4.85. The van der Waals surface area contributed by atoms with Crippen LogP contribution in [0.1, 0.15) is 77.5 Å². The average molecular weight is 355 g/mol. The largest absolute Gasteiger partial charge is 0.269 e. The summed E-state index contributed by atoms with van der Waals surface area (Å²) < 4.78 is 2.19. The van der Waals surface area contributed by atoms with Crippen molar-refractivity contribution in [1.29, 1.82) is 0 Å². The Bertz CT molecular complexity index is 411.